The number of rotatable bonds is 1. The zero-order chi connectivity index (χ0) is 8.39. The standard InChI is InChI=1S/C8H17N3O/c1-7-6-9-10-11(7)8-2-4-12-5-3-8/h7-10H,2-6H2,1H3. The van der Waals surface area contributed by atoms with E-state index in [1.54, 1.807) is 0 Å². The van der Waals surface area contributed by atoms with Crippen LogP contribution in [0.3, 0.4) is 0 Å². The first-order chi connectivity index (χ1) is 5.88. The van der Waals surface area contributed by atoms with Crippen LogP contribution in [0.4, 0.5) is 0 Å². The molecule has 2 N–H and O–H groups in total. The fourth-order valence-electron chi connectivity index (χ4n) is 1.91. The minimum atomic E-state index is 0.605. The third-order valence-corrected chi connectivity index (χ3v) is 2.66. The molecule has 70 valence electrons. The molecule has 1 atom stereocenters. The van der Waals surface area contributed by atoms with Gasteiger partial charge < -0.3 is 4.74 Å². The van der Waals surface area contributed by atoms with Crippen LogP contribution in [0, 0.1) is 0 Å². The summed E-state index contributed by atoms with van der Waals surface area (Å²) in [6.45, 7) is 5.10. The molecular formula is C8H17N3O. The Morgan fingerprint density at radius 2 is 2.08 bits per heavy atom. The fourth-order valence-corrected chi connectivity index (χ4v) is 1.91. The first-order valence-electron chi connectivity index (χ1n) is 4.72. The average Bonchev–Trinajstić information content (AvgIpc) is 2.53. The largest absolute Gasteiger partial charge is 0.381 e. The van der Waals surface area contributed by atoms with Crippen LogP contribution in [-0.4, -0.2) is 36.9 Å². The Morgan fingerprint density at radius 1 is 1.33 bits per heavy atom. The maximum atomic E-state index is 5.32. The van der Waals surface area contributed by atoms with E-state index < -0.39 is 0 Å². The molecule has 2 aliphatic rings. The Morgan fingerprint density at radius 3 is 2.67 bits per heavy atom. The van der Waals surface area contributed by atoms with Gasteiger partial charge in [0.25, 0.3) is 0 Å². The van der Waals surface area contributed by atoms with Gasteiger partial charge >= 0.3 is 0 Å². The second-order valence-electron chi connectivity index (χ2n) is 3.59. The molecule has 4 heteroatoms. The fraction of sp³-hybridized carbons (Fsp3) is 1.00. The maximum absolute atomic E-state index is 5.32. The van der Waals surface area contributed by atoms with E-state index in [4.69, 9.17) is 4.74 Å². The van der Waals surface area contributed by atoms with Gasteiger partial charge in [-0.2, -0.15) is 5.53 Å². The normalized spacial score (nSPS) is 34.2. The van der Waals surface area contributed by atoms with Crippen molar-refractivity contribution in [2.24, 2.45) is 0 Å². The number of ether oxygens (including phenoxy) is 1. The molecule has 0 saturated carbocycles. The molecule has 4 nitrogen and oxygen atoms in total. The summed E-state index contributed by atoms with van der Waals surface area (Å²) >= 11 is 0. The summed E-state index contributed by atoms with van der Waals surface area (Å²) in [5.41, 5.74) is 6.36. The Labute approximate surface area is 73.2 Å². The second-order valence-corrected chi connectivity index (χ2v) is 3.59. The molecule has 1 unspecified atom stereocenters. The topological polar surface area (TPSA) is 36.5 Å². The molecule has 2 saturated heterocycles. The van der Waals surface area contributed by atoms with Gasteiger partial charge in [-0.15, -0.1) is 0 Å². The maximum Gasteiger partial charge on any atom is 0.0481 e. The van der Waals surface area contributed by atoms with E-state index in [0.717, 1.165) is 32.6 Å². The first-order valence-corrected chi connectivity index (χ1v) is 4.72. The molecule has 0 amide bonds. The summed E-state index contributed by atoms with van der Waals surface area (Å²) < 4.78 is 5.32. The monoisotopic (exact) mass is 171 g/mol. The summed E-state index contributed by atoms with van der Waals surface area (Å²) in [5.74, 6) is 0. The van der Waals surface area contributed by atoms with Crippen molar-refractivity contribution in [1.82, 2.24) is 16.0 Å². The van der Waals surface area contributed by atoms with Crippen molar-refractivity contribution in [2.45, 2.75) is 31.8 Å². The number of hydrogen-bond donors (Lipinski definition) is 2. The summed E-state index contributed by atoms with van der Waals surface area (Å²) in [4.78, 5) is 0. The number of hydrazine groups is 2. The molecule has 0 aromatic heterocycles. The summed E-state index contributed by atoms with van der Waals surface area (Å²) in [6.07, 6.45) is 2.30. The van der Waals surface area contributed by atoms with Crippen molar-refractivity contribution in [3.05, 3.63) is 0 Å². The van der Waals surface area contributed by atoms with E-state index in [0.29, 0.717) is 12.1 Å². The van der Waals surface area contributed by atoms with Crippen molar-refractivity contribution >= 4 is 0 Å². The Kier molecular flexibility index (Phi) is 2.60. The molecule has 0 aromatic rings. The van der Waals surface area contributed by atoms with Crippen molar-refractivity contribution in [3.8, 4) is 0 Å². The van der Waals surface area contributed by atoms with Gasteiger partial charge in [0.05, 0.1) is 0 Å². The van der Waals surface area contributed by atoms with E-state index in [-0.39, 0.29) is 0 Å². The highest BCUT2D eigenvalue weighted by Gasteiger charge is 2.28. The van der Waals surface area contributed by atoms with Crippen molar-refractivity contribution in [2.75, 3.05) is 19.8 Å². The van der Waals surface area contributed by atoms with Crippen LogP contribution in [0.25, 0.3) is 0 Å². The van der Waals surface area contributed by atoms with E-state index >= 15 is 0 Å². The lowest BCUT2D eigenvalue weighted by atomic mass is 10.1. The van der Waals surface area contributed by atoms with E-state index in [1.807, 2.05) is 0 Å². The van der Waals surface area contributed by atoms with Crippen LogP contribution in [0.1, 0.15) is 19.8 Å². The molecule has 2 heterocycles. The summed E-state index contributed by atoms with van der Waals surface area (Å²) in [5, 5.41) is 2.32. The van der Waals surface area contributed by atoms with Gasteiger partial charge in [-0.1, -0.05) is 0 Å². The highest BCUT2D eigenvalue weighted by molar-refractivity contribution is 4.79. The lowest BCUT2D eigenvalue weighted by Gasteiger charge is -2.32. The predicted octanol–water partition coefficient (Wildman–Crippen LogP) is -0.121. The van der Waals surface area contributed by atoms with Crippen LogP contribution in [0.2, 0.25) is 0 Å². The van der Waals surface area contributed by atoms with Crippen LogP contribution in [0.5, 0.6) is 0 Å². The van der Waals surface area contributed by atoms with Gasteiger partial charge in [-0.25, -0.2) is 10.4 Å². The van der Waals surface area contributed by atoms with Crippen molar-refractivity contribution in [1.29, 1.82) is 0 Å². The first kappa shape index (κ1) is 8.44. The Balaban J connectivity index is 1.89. The third kappa shape index (κ3) is 1.61. The van der Waals surface area contributed by atoms with Crippen LogP contribution in [-0.2, 0) is 4.74 Å². The van der Waals surface area contributed by atoms with E-state index in [9.17, 15) is 0 Å². The summed E-state index contributed by atoms with van der Waals surface area (Å²) in [7, 11) is 0. The molecule has 0 aliphatic carbocycles. The minimum Gasteiger partial charge on any atom is -0.381 e. The molecule has 0 aromatic carbocycles. The van der Waals surface area contributed by atoms with Gasteiger partial charge in [-0.3, -0.25) is 0 Å². The quantitative estimate of drug-likeness (QED) is 0.576. The molecule has 2 fully saturated rings. The Hall–Kier alpha value is -0.160. The predicted molar refractivity (Wildman–Crippen MR) is 46.3 cm³/mol. The zero-order valence-corrected chi connectivity index (χ0v) is 7.55. The number of nitrogens with zero attached hydrogens (tertiary/aromatic N) is 1. The lowest BCUT2D eigenvalue weighted by Crippen LogP contribution is -2.48. The average molecular weight is 171 g/mol. The van der Waals surface area contributed by atoms with Crippen LogP contribution >= 0.6 is 0 Å². The van der Waals surface area contributed by atoms with Crippen molar-refractivity contribution in [3.63, 3.8) is 0 Å². The molecule has 2 rings (SSSR count). The second kappa shape index (κ2) is 3.70. The van der Waals surface area contributed by atoms with Gasteiger partial charge in [0.1, 0.15) is 0 Å². The van der Waals surface area contributed by atoms with Crippen LogP contribution in [0.15, 0.2) is 0 Å². The third-order valence-electron chi connectivity index (χ3n) is 2.66. The highest BCUT2D eigenvalue weighted by atomic mass is 16.5. The van der Waals surface area contributed by atoms with E-state index in [2.05, 4.69) is 22.9 Å². The zero-order valence-electron chi connectivity index (χ0n) is 7.55. The van der Waals surface area contributed by atoms with Gasteiger partial charge in [0.2, 0.25) is 0 Å². The van der Waals surface area contributed by atoms with Crippen molar-refractivity contribution < 1.29 is 4.74 Å². The number of hydrogen-bond acceptors (Lipinski definition) is 4. The molecule has 12 heavy (non-hydrogen) atoms. The number of nitrogens with one attached hydrogen (secondary N) is 2. The van der Waals surface area contributed by atoms with Gasteiger partial charge in [-0.05, 0) is 19.8 Å². The van der Waals surface area contributed by atoms with Gasteiger partial charge in [0.15, 0.2) is 0 Å². The lowest BCUT2D eigenvalue weighted by molar-refractivity contribution is 0.0103. The van der Waals surface area contributed by atoms with E-state index in [1.165, 1.54) is 0 Å². The minimum absolute atomic E-state index is 0.605. The Bertz CT molecular complexity index is 147. The van der Waals surface area contributed by atoms with Crippen LogP contribution < -0.4 is 11.0 Å². The molecular weight excluding hydrogens is 154 g/mol. The SMILES string of the molecule is CC1CNNN1C1CCOCC1. The molecule has 0 spiro atoms. The molecule has 0 bridgehead atoms. The van der Waals surface area contributed by atoms with Gasteiger partial charge in [0, 0.05) is 31.8 Å². The highest BCUT2D eigenvalue weighted by Crippen LogP contribution is 2.16. The summed E-state index contributed by atoms with van der Waals surface area (Å²) in [6, 6.07) is 1.26. The smallest absolute Gasteiger partial charge is 0.0481 e. The molecule has 2 aliphatic heterocycles. The molecule has 0 radical (unpaired) electrons.